The molecule has 0 aliphatic rings. The fraction of sp³-hybridized carbons (Fsp3) is 0.667. The van der Waals surface area contributed by atoms with Gasteiger partial charge in [-0.05, 0) is 34.1 Å². The van der Waals surface area contributed by atoms with E-state index in [9.17, 15) is 0 Å². The molecule has 0 fully saturated rings. The normalized spacial score (nSPS) is 12.8. The summed E-state index contributed by atoms with van der Waals surface area (Å²) < 4.78 is 0. The highest BCUT2D eigenvalue weighted by Crippen LogP contribution is 2.30. The molecule has 0 aliphatic heterocycles. The third-order valence-electron chi connectivity index (χ3n) is 3.67. The Morgan fingerprint density at radius 3 is 1.80 bits per heavy atom. The Balaban J connectivity index is 2.99. The maximum atomic E-state index is 8.85. The number of quaternary nitrogens is 1. The van der Waals surface area contributed by atoms with E-state index in [1.807, 2.05) is 0 Å². The molecule has 0 unspecified atom stereocenters. The second-order valence-electron chi connectivity index (χ2n) is 7.78. The van der Waals surface area contributed by atoms with Gasteiger partial charge in [-0.3, -0.25) is 0 Å². The van der Waals surface area contributed by atoms with Gasteiger partial charge in [0.25, 0.3) is 0 Å². The monoisotopic (exact) mass is 278 g/mol. The molecule has 0 spiro atoms. The summed E-state index contributed by atoms with van der Waals surface area (Å²) in [5, 5.41) is 11.1. The first-order valence-corrected chi connectivity index (χ1v) is 7.72. The van der Waals surface area contributed by atoms with Crippen LogP contribution in [0.15, 0.2) is 18.2 Å². The number of benzene rings is 1. The van der Waals surface area contributed by atoms with Crippen LogP contribution in [-0.2, 0) is 17.4 Å². The van der Waals surface area contributed by atoms with E-state index in [1.54, 1.807) is 0 Å². The van der Waals surface area contributed by atoms with Gasteiger partial charge in [-0.1, -0.05) is 47.6 Å². The Kier molecular flexibility index (Phi) is 5.79. The van der Waals surface area contributed by atoms with Gasteiger partial charge in [0.05, 0.1) is 6.54 Å². The summed E-state index contributed by atoms with van der Waals surface area (Å²) in [6.07, 6.45) is 0.866. The molecule has 20 heavy (non-hydrogen) atoms. The summed E-state index contributed by atoms with van der Waals surface area (Å²) in [4.78, 5) is 0. The van der Waals surface area contributed by atoms with Crippen LogP contribution < -0.4 is 5.32 Å². The molecular formula is C18H32NO+. The van der Waals surface area contributed by atoms with E-state index < -0.39 is 0 Å². The molecule has 0 saturated heterocycles. The van der Waals surface area contributed by atoms with Crippen molar-refractivity contribution in [1.82, 2.24) is 0 Å². The van der Waals surface area contributed by atoms with Gasteiger partial charge in [-0.2, -0.15) is 0 Å². The molecule has 0 amide bonds. The summed E-state index contributed by atoms with van der Waals surface area (Å²) in [5.41, 5.74) is 4.58. The second kappa shape index (κ2) is 6.73. The van der Waals surface area contributed by atoms with E-state index in [-0.39, 0.29) is 17.4 Å². The molecule has 1 rings (SSSR count). The molecule has 1 aromatic carbocycles. The zero-order valence-electron chi connectivity index (χ0n) is 14.1. The first kappa shape index (κ1) is 17.2. The van der Waals surface area contributed by atoms with E-state index in [1.165, 1.54) is 16.7 Å². The topological polar surface area (TPSA) is 36.8 Å². The Bertz CT molecular complexity index is 392. The third-order valence-corrected chi connectivity index (χ3v) is 3.67. The molecular weight excluding hydrogens is 246 g/mol. The standard InChI is InChI=1S/C18H31NO/c1-17(2,3)15-10-14(13-19-8-7-9-20)11-16(12-15)18(4,5)6/h10-12,19-20H,7-9,13H2,1-6H3/p+1. The van der Waals surface area contributed by atoms with E-state index >= 15 is 0 Å². The molecule has 0 bridgehead atoms. The molecule has 2 heteroatoms. The molecule has 114 valence electrons. The summed E-state index contributed by atoms with van der Waals surface area (Å²) in [7, 11) is 0. The van der Waals surface area contributed by atoms with Gasteiger partial charge in [0.2, 0.25) is 0 Å². The average molecular weight is 278 g/mol. The number of aliphatic hydroxyl groups is 1. The van der Waals surface area contributed by atoms with Gasteiger partial charge in [-0.25, -0.2) is 0 Å². The zero-order valence-corrected chi connectivity index (χ0v) is 14.1. The predicted molar refractivity (Wildman–Crippen MR) is 86.0 cm³/mol. The van der Waals surface area contributed by atoms with E-state index in [0.29, 0.717) is 0 Å². The Morgan fingerprint density at radius 1 is 0.900 bits per heavy atom. The summed E-state index contributed by atoms with van der Waals surface area (Å²) in [6, 6.07) is 7.03. The fourth-order valence-corrected chi connectivity index (χ4v) is 2.18. The van der Waals surface area contributed by atoms with Crippen molar-refractivity contribution in [2.45, 2.75) is 65.3 Å². The van der Waals surface area contributed by atoms with Crippen molar-refractivity contribution in [2.24, 2.45) is 0 Å². The minimum atomic E-state index is 0.182. The first-order valence-electron chi connectivity index (χ1n) is 7.72. The molecule has 0 saturated carbocycles. The van der Waals surface area contributed by atoms with Crippen molar-refractivity contribution < 1.29 is 10.4 Å². The molecule has 0 aliphatic carbocycles. The third kappa shape index (κ3) is 5.26. The van der Waals surface area contributed by atoms with Crippen molar-refractivity contribution >= 4 is 0 Å². The first-order chi connectivity index (χ1) is 9.14. The fourth-order valence-electron chi connectivity index (χ4n) is 2.18. The SMILES string of the molecule is CC(C)(C)c1cc(C[NH2+]CCCO)cc(C(C)(C)C)c1. The van der Waals surface area contributed by atoms with Crippen LogP contribution in [0.25, 0.3) is 0 Å². The van der Waals surface area contributed by atoms with E-state index in [4.69, 9.17) is 5.11 Å². The van der Waals surface area contributed by atoms with Crippen LogP contribution in [-0.4, -0.2) is 18.3 Å². The number of rotatable bonds is 5. The van der Waals surface area contributed by atoms with Crippen LogP contribution in [0.5, 0.6) is 0 Å². The van der Waals surface area contributed by atoms with Gasteiger partial charge >= 0.3 is 0 Å². The van der Waals surface area contributed by atoms with Crippen LogP contribution in [0.4, 0.5) is 0 Å². The largest absolute Gasteiger partial charge is 0.396 e. The van der Waals surface area contributed by atoms with Crippen molar-refractivity contribution in [3.63, 3.8) is 0 Å². The van der Waals surface area contributed by atoms with Crippen molar-refractivity contribution in [3.8, 4) is 0 Å². The number of nitrogens with two attached hydrogens (primary N) is 1. The highest BCUT2D eigenvalue weighted by Gasteiger charge is 2.20. The minimum Gasteiger partial charge on any atom is -0.396 e. The quantitative estimate of drug-likeness (QED) is 0.798. The van der Waals surface area contributed by atoms with E-state index in [2.05, 4.69) is 65.1 Å². The number of aliphatic hydroxyl groups excluding tert-OH is 1. The van der Waals surface area contributed by atoms with Gasteiger partial charge < -0.3 is 10.4 Å². The van der Waals surface area contributed by atoms with Crippen molar-refractivity contribution in [3.05, 3.63) is 34.9 Å². The Labute approximate surface area is 124 Å². The maximum Gasteiger partial charge on any atom is 0.101 e. The Hall–Kier alpha value is -0.860. The smallest absolute Gasteiger partial charge is 0.101 e. The van der Waals surface area contributed by atoms with Gasteiger partial charge in [0, 0.05) is 18.6 Å². The maximum absolute atomic E-state index is 8.85. The Morgan fingerprint density at radius 2 is 1.40 bits per heavy atom. The van der Waals surface area contributed by atoms with E-state index in [0.717, 1.165) is 19.5 Å². The lowest BCUT2D eigenvalue weighted by atomic mass is 9.79. The lowest BCUT2D eigenvalue weighted by molar-refractivity contribution is -0.671. The number of hydrogen-bond donors (Lipinski definition) is 2. The van der Waals surface area contributed by atoms with Gasteiger partial charge in [-0.15, -0.1) is 0 Å². The lowest BCUT2D eigenvalue weighted by Crippen LogP contribution is -2.82. The number of hydrogen-bond acceptors (Lipinski definition) is 1. The molecule has 0 atom stereocenters. The van der Waals surface area contributed by atoms with Crippen LogP contribution in [0.3, 0.4) is 0 Å². The highest BCUT2D eigenvalue weighted by molar-refractivity contribution is 5.37. The van der Waals surface area contributed by atoms with Gasteiger partial charge in [0.1, 0.15) is 6.54 Å². The molecule has 0 radical (unpaired) electrons. The summed E-state index contributed by atoms with van der Waals surface area (Å²) >= 11 is 0. The van der Waals surface area contributed by atoms with Crippen molar-refractivity contribution in [2.75, 3.05) is 13.2 Å². The summed E-state index contributed by atoms with van der Waals surface area (Å²) in [6.45, 7) is 15.9. The molecule has 0 heterocycles. The average Bonchev–Trinajstić information content (AvgIpc) is 2.32. The van der Waals surface area contributed by atoms with Crippen LogP contribution in [0, 0.1) is 0 Å². The van der Waals surface area contributed by atoms with Crippen LogP contribution >= 0.6 is 0 Å². The summed E-state index contributed by atoms with van der Waals surface area (Å²) in [5.74, 6) is 0. The molecule has 1 aromatic rings. The lowest BCUT2D eigenvalue weighted by Gasteiger charge is -2.26. The minimum absolute atomic E-state index is 0.182. The van der Waals surface area contributed by atoms with Crippen LogP contribution in [0.2, 0.25) is 0 Å². The highest BCUT2D eigenvalue weighted by atomic mass is 16.3. The van der Waals surface area contributed by atoms with Crippen molar-refractivity contribution in [1.29, 1.82) is 0 Å². The zero-order chi connectivity index (χ0) is 15.4. The molecule has 0 aromatic heterocycles. The second-order valence-corrected chi connectivity index (χ2v) is 7.78. The predicted octanol–water partition coefficient (Wildman–Crippen LogP) is 2.73. The van der Waals surface area contributed by atoms with Crippen LogP contribution in [0.1, 0.15) is 64.7 Å². The molecule has 3 N–H and O–H groups in total. The van der Waals surface area contributed by atoms with Gasteiger partial charge in [0.15, 0.2) is 0 Å². The molecule has 2 nitrogen and oxygen atoms in total.